The minimum absolute atomic E-state index is 0.0291. The molecule has 1 aliphatic heterocycles. The maximum atomic E-state index is 14.0. The number of rotatable bonds is 18. The lowest BCUT2D eigenvalue weighted by molar-refractivity contribution is -0.143. The van der Waals surface area contributed by atoms with Crippen LogP contribution in [-0.4, -0.2) is 88.6 Å². The molecule has 0 radical (unpaired) electrons. The normalized spacial score (nSPS) is 19.0. The van der Waals surface area contributed by atoms with E-state index in [-0.39, 0.29) is 37.6 Å². The van der Waals surface area contributed by atoms with Gasteiger partial charge in [-0.2, -0.15) is 0 Å². The standard InChI is InChI=1S/C29H47N5O8/c1-7-10-24(37)31-20-13-23(27(40)32-21(16-35)14-25(38)39)34(15-20)29(42)22(12-11-17(4)8-2)33-28(41)26(18(5)9-3)30-19(6)36/h16,18,20-23,26H,4,7-15H2,1-3,5-6H3,(H,30,36)(H,31,37)(H,32,40)(H,33,41)(H,38,39)/t18-,20+,21-,22-,23-,26-/m0/s1. The van der Waals surface area contributed by atoms with Crippen LogP contribution >= 0.6 is 0 Å². The summed E-state index contributed by atoms with van der Waals surface area (Å²) in [6, 6.07) is -4.98. The van der Waals surface area contributed by atoms with E-state index in [2.05, 4.69) is 27.8 Å². The second kappa shape index (κ2) is 17.9. The number of nitrogens with one attached hydrogen (secondary N) is 4. The Morgan fingerprint density at radius 2 is 1.71 bits per heavy atom. The molecule has 0 unspecified atom stereocenters. The van der Waals surface area contributed by atoms with Gasteiger partial charge >= 0.3 is 5.97 Å². The van der Waals surface area contributed by atoms with Gasteiger partial charge in [-0.3, -0.25) is 28.8 Å². The van der Waals surface area contributed by atoms with Gasteiger partial charge in [-0.15, -0.1) is 0 Å². The molecule has 0 aromatic carbocycles. The zero-order valence-electron chi connectivity index (χ0n) is 25.4. The number of amides is 5. The Balaban J connectivity index is 3.36. The molecule has 0 aromatic rings. The van der Waals surface area contributed by atoms with E-state index in [1.165, 1.54) is 11.8 Å². The van der Waals surface area contributed by atoms with Crippen molar-refractivity contribution >= 4 is 41.8 Å². The molecule has 1 fully saturated rings. The predicted molar refractivity (Wildman–Crippen MR) is 155 cm³/mol. The summed E-state index contributed by atoms with van der Waals surface area (Å²) in [5.41, 5.74) is 0.852. The summed E-state index contributed by atoms with van der Waals surface area (Å²) in [5, 5.41) is 19.7. The number of carbonyl (C=O) groups is 7. The Morgan fingerprint density at radius 3 is 2.24 bits per heavy atom. The van der Waals surface area contributed by atoms with Gasteiger partial charge in [0.05, 0.1) is 12.5 Å². The number of nitrogens with zero attached hydrogens (tertiary/aromatic N) is 1. The smallest absolute Gasteiger partial charge is 0.305 e. The minimum Gasteiger partial charge on any atom is -0.481 e. The Labute approximate surface area is 247 Å². The fourth-order valence-electron chi connectivity index (χ4n) is 4.72. The van der Waals surface area contributed by atoms with Crippen molar-refractivity contribution in [1.82, 2.24) is 26.2 Å². The highest BCUT2D eigenvalue weighted by atomic mass is 16.4. The summed E-state index contributed by atoms with van der Waals surface area (Å²) in [6.07, 6.45) is 2.41. The molecule has 0 bridgehead atoms. The van der Waals surface area contributed by atoms with Gasteiger partial charge in [-0.25, -0.2) is 0 Å². The number of carboxylic acid groups (broad SMARTS) is 1. The van der Waals surface area contributed by atoms with Gasteiger partial charge in [0, 0.05) is 25.9 Å². The lowest BCUT2D eigenvalue weighted by Crippen LogP contribution is -2.58. The number of hydrogen-bond donors (Lipinski definition) is 5. The van der Waals surface area contributed by atoms with E-state index in [4.69, 9.17) is 5.11 Å². The Hall–Kier alpha value is -3.77. The van der Waals surface area contributed by atoms with Gasteiger partial charge in [-0.1, -0.05) is 46.3 Å². The van der Waals surface area contributed by atoms with Gasteiger partial charge < -0.3 is 36.1 Å². The summed E-state index contributed by atoms with van der Waals surface area (Å²) in [6.45, 7) is 12.7. The molecule has 42 heavy (non-hydrogen) atoms. The van der Waals surface area contributed by atoms with E-state index in [1.807, 2.05) is 20.8 Å². The van der Waals surface area contributed by atoms with Crippen LogP contribution in [-0.2, 0) is 33.6 Å². The van der Waals surface area contributed by atoms with Crippen LogP contribution in [0.1, 0.15) is 86.0 Å². The SMILES string of the molecule is C=C(CC)CC[C@H](NC(=O)[C@@H](NC(C)=O)[C@@H](C)CC)C(=O)N1C[C@H](NC(=O)CCC)C[C@H]1C(=O)N[C@H](C=O)CC(=O)O. The van der Waals surface area contributed by atoms with Crippen LogP contribution in [0, 0.1) is 5.92 Å². The lowest BCUT2D eigenvalue weighted by atomic mass is 9.97. The largest absolute Gasteiger partial charge is 0.481 e. The van der Waals surface area contributed by atoms with E-state index in [1.54, 1.807) is 6.92 Å². The lowest BCUT2D eigenvalue weighted by Gasteiger charge is -2.31. The van der Waals surface area contributed by atoms with E-state index in [0.29, 0.717) is 32.0 Å². The van der Waals surface area contributed by atoms with Crippen molar-refractivity contribution in [2.45, 2.75) is 116 Å². The number of carbonyl (C=O) groups excluding carboxylic acids is 6. The number of allylic oxidation sites excluding steroid dienone is 1. The number of carboxylic acids is 1. The zero-order valence-corrected chi connectivity index (χ0v) is 25.4. The molecule has 1 saturated heterocycles. The predicted octanol–water partition coefficient (Wildman–Crippen LogP) is 0.813. The number of hydrogen-bond acceptors (Lipinski definition) is 7. The summed E-state index contributed by atoms with van der Waals surface area (Å²) in [5.74, 6) is -4.03. The van der Waals surface area contributed by atoms with Crippen molar-refractivity contribution in [3.05, 3.63) is 12.2 Å². The minimum atomic E-state index is -1.31. The van der Waals surface area contributed by atoms with Crippen LogP contribution < -0.4 is 21.3 Å². The van der Waals surface area contributed by atoms with Crippen molar-refractivity contribution in [2.75, 3.05) is 6.54 Å². The monoisotopic (exact) mass is 593 g/mol. The van der Waals surface area contributed by atoms with Gasteiger partial charge in [0.2, 0.25) is 29.5 Å². The third kappa shape index (κ3) is 11.6. The van der Waals surface area contributed by atoms with Crippen LogP contribution in [0.25, 0.3) is 0 Å². The topological polar surface area (TPSA) is 191 Å². The first-order valence-corrected chi connectivity index (χ1v) is 14.6. The van der Waals surface area contributed by atoms with Gasteiger partial charge in [-0.05, 0) is 38.0 Å². The van der Waals surface area contributed by atoms with Crippen molar-refractivity contribution in [3.8, 4) is 0 Å². The van der Waals surface area contributed by atoms with Crippen LogP contribution in [0.4, 0.5) is 0 Å². The first-order chi connectivity index (χ1) is 19.8. The molecular formula is C29H47N5O8. The molecule has 0 aromatic heterocycles. The van der Waals surface area contributed by atoms with Crippen molar-refractivity contribution in [1.29, 1.82) is 0 Å². The maximum absolute atomic E-state index is 14.0. The average Bonchev–Trinajstić information content (AvgIpc) is 3.35. The van der Waals surface area contributed by atoms with E-state index in [0.717, 1.165) is 5.57 Å². The molecular weight excluding hydrogens is 546 g/mol. The van der Waals surface area contributed by atoms with E-state index >= 15 is 0 Å². The molecule has 0 aliphatic carbocycles. The van der Waals surface area contributed by atoms with E-state index < -0.39 is 66.2 Å². The van der Waals surface area contributed by atoms with E-state index in [9.17, 15) is 33.6 Å². The molecule has 1 rings (SSSR count). The molecule has 1 heterocycles. The first-order valence-electron chi connectivity index (χ1n) is 14.6. The summed E-state index contributed by atoms with van der Waals surface area (Å²) in [4.78, 5) is 88.5. The second-order valence-corrected chi connectivity index (χ2v) is 10.9. The third-order valence-corrected chi connectivity index (χ3v) is 7.37. The highest BCUT2D eigenvalue weighted by Gasteiger charge is 2.43. The highest BCUT2D eigenvalue weighted by Crippen LogP contribution is 2.22. The molecule has 5 N–H and O–H groups in total. The summed E-state index contributed by atoms with van der Waals surface area (Å²) >= 11 is 0. The Kier molecular flexibility index (Phi) is 15.5. The van der Waals surface area contributed by atoms with Gasteiger partial charge in [0.1, 0.15) is 24.4 Å². The van der Waals surface area contributed by atoms with Crippen LogP contribution in [0.2, 0.25) is 0 Å². The van der Waals surface area contributed by atoms with Crippen molar-refractivity contribution in [2.24, 2.45) is 5.92 Å². The van der Waals surface area contributed by atoms with Gasteiger partial charge in [0.25, 0.3) is 0 Å². The van der Waals surface area contributed by atoms with Gasteiger partial charge in [0.15, 0.2) is 0 Å². The number of aldehydes is 1. The van der Waals surface area contributed by atoms with Crippen LogP contribution in [0.3, 0.4) is 0 Å². The Morgan fingerprint density at radius 1 is 1.05 bits per heavy atom. The first kappa shape index (κ1) is 36.3. The molecule has 13 nitrogen and oxygen atoms in total. The summed E-state index contributed by atoms with van der Waals surface area (Å²) in [7, 11) is 0. The molecule has 0 saturated carbocycles. The quantitative estimate of drug-likeness (QED) is 0.114. The fourth-order valence-corrected chi connectivity index (χ4v) is 4.72. The van der Waals surface area contributed by atoms with Crippen LogP contribution in [0.5, 0.6) is 0 Å². The number of likely N-dealkylation sites (tertiary alicyclic amines) is 1. The highest BCUT2D eigenvalue weighted by molar-refractivity contribution is 5.95. The zero-order chi connectivity index (χ0) is 32.0. The molecule has 0 spiro atoms. The second-order valence-electron chi connectivity index (χ2n) is 10.9. The van der Waals surface area contributed by atoms with Crippen molar-refractivity contribution < 1.29 is 38.7 Å². The van der Waals surface area contributed by atoms with Crippen LogP contribution in [0.15, 0.2) is 12.2 Å². The molecule has 13 heteroatoms. The fraction of sp³-hybridized carbons (Fsp3) is 0.690. The third-order valence-electron chi connectivity index (χ3n) is 7.37. The molecule has 5 amide bonds. The average molecular weight is 594 g/mol. The summed E-state index contributed by atoms with van der Waals surface area (Å²) < 4.78 is 0. The Bertz CT molecular complexity index is 1020. The maximum Gasteiger partial charge on any atom is 0.305 e. The molecule has 6 atom stereocenters. The van der Waals surface area contributed by atoms with Crippen molar-refractivity contribution in [3.63, 3.8) is 0 Å². The number of aliphatic carboxylic acids is 1. The molecule has 1 aliphatic rings. The molecule has 236 valence electrons.